The topological polar surface area (TPSA) is 24.1 Å². The van der Waals surface area contributed by atoms with Gasteiger partial charge in [0.1, 0.15) is 0 Å². The molecule has 6 heteroatoms. The number of nitrogens with one attached hydrogen (secondary N) is 2. The summed E-state index contributed by atoms with van der Waals surface area (Å²) in [5, 5.41) is 9.03. The average molecular weight is 436 g/mol. The molecule has 2 nitrogen and oxygen atoms in total. The monoisotopic (exact) mass is 434 g/mol. The maximum Gasteiger partial charge on any atom is 0.0409 e. The van der Waals surface area contributed by atoms with Gasteiger partial charge in [0.05, 0.1) is 0 Å². The average Bonchev–Trinajstić information content (AvgIpc) is 2.59. The Morgan fingerprint density at radius 1 is 0.731 bits per heavy atom. The van der Waals surface area contributed by atoms with Gasteiger partial charge >= 0.3 is 0 Å². The summed E-state index contributed by atoms with van der Waals surface area (Å²) < 4.78 is 0. The number of hydrogen-bond acceptors (Lipinski definition) is 2. The smallest absolute Gasteiger partial charge is 0.0409 e. The lowest BCUT2D eigenvalue weighted by Crippen LogP contribution is -2.49. The Balaban J connectivity index is 0.00000169. The quantitative estimate of drug-likeness (QED) is 0.578. The second-order valence-corrected chi connectivity index (χ2v) is 7.39. The molecule has 144 valence electrons. The van der Waals surface area contributed by atoms with Gasteiger partial charge in [0.2, 0.25) is 0 Å². The van der Waals surface area contributed by atoms with Crippen LogP contribution in [0.5, 0.6) is 0 Å². The summed E-state index contributed by atoms with van der Waals surface area (Å²) in [6.45, 7) is 1.72. The zero-order valence-corrected chi connectivity index (χ0v) is 17.7. The van der Waals surface area contributed by atoms with Crippen LogP contribution >= 0.6 is 48.0 Å². The highest BCUT2D eigenvalue weighted by Gasteiger charge is 2.24. The van der Waals surface area contributed by atoms with E-state index in [1.54, 1.807) is 0 Å². The summed E-state index contributed by atoms with van der Waals surface area (Å²) in [4.78, 5) is 0. The Labute approximate surface area is 178 Å². The van der Waals surface area contributed by atoms with Crippen molar-refractivity contribution in [2.75, 3.05) is 0 Å². The second-order valence-electron chi connectivity index (χ2n) is 6.52. The lowest BCUT2D eigenvalue weighted by Gasteiger charge is -2.33. The summed E-state index contributed by atoms with van der Waals surface area (Å²) in [7, 11) is 0. The lowest BCUT2D eigenvalue weighted by atomic mass is 9.90. The highest BCUT2D eigenvalue weighted by atomic mass is 35.5. The van der Waals surface area contributed by atoms with Crippen LogP contribution in [-0.2, 0) is 13.1 Å². The molecular weight excluding hydrogens is 410 g/mol. The third-order valence-corrected chi connectivity index (χ3v) is 5.15. The van der Waals surface area contributed by atoms with Gasteiger partial charge in [0.15, 0.2) is 0 Å². The predicted octanol–water partition coefficient (Wildman–Crippen LogP) is 6.03. The predicted molar refractivity (Wildman–Crippen MR) is 117 cm³/mol. The molecular formula is C20H26Cl4N2. The fourth-order valence-corrected chi connectivity index (χ4v) is 3.84. The zero-order valence-electron chi connectivity index (χ0n) is 14.6. The van der Waals surface area contributed by atoms with Gasteiger partial charge in [-0.15, -0.1) is 24.8 Å². The molecule has 1 aliphatic carbocycles. The first-order valence-corrected chi connectivity index (χ1v) is 9.42. The van der Waals surface area contributed by atoms with E-state index < -0.39 is 0 Å². The molecule has 0 saturated heterocycles. The van der Waals surface area contributed by atoms with E-state index in [0.29, 0.717) is 12.1 Å². The van der Waals surface area contributed by atoms with Crippen LogP contribution in [0.25, 0.3) is 0 Å². The molecule has 1 aliphatic rings. The SMILES string of the molecule is Cl.Cl.Clc1cccc(CNC2CCCCC2NCc2cccc(Cl)c2)c1. The summed E-state index contributed by atoms with van der Waals surface area (Å²) in [6.07, 6.45) is 5.02. The fourth-order valence-electron chi connectivity index (χ4n) is 3.41. The Morgan fingerprint density at radius 3 is 1.54 bits per heavy atom. The molecule has 26 heavy (non-hydrogen) atoms. The summed E-state index contributed by atoms with van der Waals surface area (Å²) in [6, 6.07) is 17.2. The first-order chi connectivity index (χ1) is 11.7. The van der Waals surface area contributed by atoms with Crippen molar-refractivity contribution in [3.63, 3.8) is 0 Å². The van der Waals surface area contributed by atoms with Gasteiger partial charge < -0.3 is 10.6 Å². The van der Waals surface area contributed by atoms with Gasteiger partial charge in [-0.3, -0.25) is 0 Å². The van der Waals surface area contributed by atoms with E-state index in [2.05, 4.69) is 22.8 Å². The molecule has 1 fully saturated rings. The van der Waals surface area contributed by atoms with E-state index in [1.165, 1.54) is 36.8 Å². The van der Waals surface area contributed by atoms with Gasteiger partial charge in [-0.2, -0.15) is 0 Å². The molecule has 2 aromatic carbocycles. The van der Waals surface area contributed by atoms with Crippen LogP contribution in [0.2, 0.25) is 10.0 Å². The van der Waals surface area contributed by atoms with E-state index in [4.69, 9.17) is 23.2 Å². The molecule has 2 aromatic rings. The van der Waals surface area contributed by atoms with Crippen LogP contribution in [0.3, 0.4) is 0 Å². The molecule has 0 spiro atoms. The molecule has 0 amide bonds. The second kappa shape index (κ2) is 12.1. The van der Waals surface area contributed by atoms with Gasteiger partial charge in [-0.25, -0.2) is 0 Å². The van der Waals surface area contributed by atoms with Crippen molar-refractivity contribution >= 4 is 48.0 Å². The fraction of sp³-hybridized carbons (Fsp3) is 0.400. The van der Waals surface area contributed by atoms with Gasteiger partial charge in [0, 0.05) is 35.2 Å². The van der Waals surface area contributed by atoms with Crippen molar-refractivity contribution in [2.24, 2.45) is 0 Å². The van der Waals surface area contributed by atoms with Crippen LogP contribution in [0.4, 0.5) is 0 Å². The number of halogens is 4. The molecule has 0 aromatic heterocycles. The van der Waals surface area contributed by atoms with E-state index in [9.17, 15) is 0 Å². The summed E-state index contributed by atoms with van der Waals surface area (Å²) in [5.41, 5.74) is 2.48. The molecule has 0 radical (unpaired) electrons. The van der Waals surface area contributed by atoms with E-state index in [0.717, 1.165) is 23.1 Å². The maximum absolute atomic E-state index is 6.07. The minimum Gasteiger partial charge on any atom is -0.308 e. The standard InChI is InChI=1S/C20H24Cl2N2.2ClH/c21-17-7-3-5-15(11-17)13-23-19-9-1-2-10-20(19)24-14-16-6-4-8-18(22)12-16;;/h3-8,11-12,19-20,23-24H,1-2,9-10,13-14H2;2*1H. The molecule has 0 heterocycles. The maximum atomic E-state index is 6.07. The molecule has 1 saturated carbocycles. The van der Waals surface area contributed by atoms with Crippen molar-refractivity contribution in [3.8, 4) is 0 Å². The van der Waals surface area contributed by atoms with Crippen LogP contribution < -0.4 is 10.6 Å². The number of benzene rings is 2. The van der Waals surface area contributed by atoms with Crippen LogP contribution in [0.1, 0.15) is 36.8 Å². The summed E-state index contributed by atoms with van der Waals surface area (Å²) >= 11 is 12.1. The highest BCUT2D eigenvalue weighted by Crippen LogP contribution is 2.20. The van der Waals surface area contributed by atoms with Crippen molar-refractivity contribution in [1.82, 2.24) is 10.6 Å². The number of hydrogen-bond donors (Lipinski definition) is 2. The zero-order chi connectivity index (χ0) is 16.8. The van der Waals surface area contributed by atoms with E-state index in [-0.39, 0.29) is 24.8 Å². The molecule has 2 unspecified atom stereocenters. The highest BCUT2D eigenvalue weighted by molar-refractivity contribution is 6.30. The minimum absolute atomic E-state index is 0. The van der Waals surface area contributed by atoms with Crippen LogP contribution in [0, 0.1) is 0 Å². The normalized spacial score (nSPS) is 19.3. The van der Waals surface area contributed by atoms with Crippen LogP contribution in [0.15, 0.2) is 48.5 Å². The van der Waals surface area contributed by atoms with E-state index in [1.807, 2.05) is 36.4 Å². The van der Waals surface area contributed by atoms with Crippen molar-refractivity contribution < 1.29 is 0 Å². The van der Waals surface area contributed by atoms with Crippen LogP contribution in [-0.4, -0.2) is 12.1 Å². The molecule has 0 bridgehead atoms. The van der Waals surface area contributed by atoms with E-state index >= 15 is 0 Å². The lowest BCUT2D eigenvalue weighted by molar-refractivity contribution is 0.281. The van der Waals surface area contributed by atoms with Crippen molar-refractivity contribution in [1.29, 1.82) is 0 Å². The Morgan fingerprint density at radius 2 is 1.15 bits per heavy atom. The molecule has 0 aliphatic heterocycles. The first-order valence-electron chi connectivity index (χ1n) is 8.66. The van der Waals surface area contributed by atoms with Gasteiger partial charge in [0.25, 0.3) is 0 Å². The Bertz CT molecular complexity index is 608. The number of rotatable bonds is 6. The first kappa shape index (κ1) is 23.6. The van der Waals surface area contributed by atoms with Crippen molar-refractivity contribution in [3.05, 3.63) is 69.7 Å². The molecule has 2 N–H and O–H groups in total. The van der Waals surface area contributed by atoms with Crippen molar-refractivity contribution in [2.45, 2.75) is 50.9 Å². The Kier molecular flexibility index (Phi) is 10.9. The largest absolute Gasteiger partial charge is 0.308 e. The summed E-state index contributed by atoms with van der Waals surface area (Å²) in [5.74, 6) is 0. The van der Waals surface area contributed by atoms with Gasteiger partial charge in [-0.05, 0) is 48.2 Å². The third kappa shape index (κ3) is 7.26. The van der Waals surface area contributed by atoms with Gasteiger partial charge in [-0.1, -0.05) is 60.3 Å². The molecule has 2 atom stereocenters. The third-order valence-electron chi connectivity index (χ3n) is 4.68. The minimum atomic E-state index is 0. The molecule has 3 rings (SSSR count). The Hall–Kier alpha value is -0.480.